The SMILES string of the molecule is C[C@H](CNC(=O)C1=NO[C@]2(CCN(C(=O)N3CCOCC3)C2)C1)c1ccccc1. The molecule has 3 amide bonds. The topological polar surface area (TPSA) is 83.5 Å². The van der Waals surface area contributed by atoms with E-state index in [0.29, 0.717) is 64.5 Å². The molecule has 0 aliphatic carbocycles. The molecule has 8 heteroatoms. The van der Waals surface area contributed by atoms with Gasteiger partial charge in [0.05, 0.1) is 19.8 Å². The van der Waals surface area contributed by atoms with Crippen molar-refractivity contribution < 1.29 is 19.2 Å². The van der Waals surface area contributed by atoms with Crippen LogP contribution in [-0.4, -0.2) is 79.0 Å². The summed E-state index contributed by atoms with van der Waals surface area (Å²) in [6.07, 6.45) is 1.12. The summed E-state index contributed by atoms with van der Waals surface area (Å²) >= 11 is 0. The predicted molar refractivity (Wildman–Crippen MR) is 108 cm³/mol. The Morgan fingerprint density at radius 1 is 1.17 bits per heavy atom. The Morgan fingerprint density at radius 3 is 2.69 bits per heavy atom. The third kappa shape index (κ3) is 4.37. The lowest BCUT2D eigenvalue weighted by Crippen LogP contribution is -2.48. The Bertz CT molecular complexity index is 778. The fourth-order valence-corrected chi connectivity index (χ4v) is 4.07. The fraction of sp³-hybridized carbons (Fsp3) is 0.571. The van der Waals surface area contributed by atoms with E-state index in [2.05, 4.69) is 29.5 Å². The molecule has 0 radical (unpaired) electrons. The highest BCUT2D eigenvalue weighted by Crippen LogP contribution is 2.34. The third-order valence-corrected chi connectivity index (χ3v) is 5.91. The number of amides is 3. The van der Waals surface area contributed by atoms with E-state index >= 15 is 0 Å². The molecule has 3 aliphatic rings. The van der Waals surface area contributed by atoms with Crippen LogP contribution in [0.5, 0.6) is 0 Å². The molecule has 1 spiro atoms. The molecule has 2 saturated heterocycles. The number of hydrogen-bond donors (Lipinski definition) is 1. The molecule has 1 aromatic carbocycles. The van der Waals surface area contributed by atoms with Crippen LogP contribution < -0.4 is 5.32 Å². The van der Waals surface area contributed by atoms with Gasteiger partial charge in [-0.25, -0.2) is 4.79 Å². The quantitative estimate of drug-likeness (QED) is 0.832. The molecule has 0 bridgehead atoms. The van der Waals surface area contributed by atoms with Crippen molar-refractivity contribution in [2.75, 3.05) is 45.9 Å². The zero-order valence-electron chi connectivity index (χ0n) is 16.8. The molecule has 3 aliphatic heterocycles. The molecule has 4 rings (SSSR count). The lowest BCUT2D eigenvalue weighted by Gasteiger charge is -2.31. The first-order valence-corrected chi connectivity index (χ1v) is 10.3. The van der Waals surface area contributed by atoms with E-state index < -0.39 is 5.60 Å². The highest BCUT2D eigenvalue weighted by atomic mass is 16.7. The second-order valence-electron chi connectivity index (χ2n) is 8.06. The molecule has 0 saturated carbocycles. The first-order chi connectivity index (χ1) is 14.1. The van der Waals surface area contributed by atoms with Crippen molar-refractivity contribution >= 4 is 17.6 Å². The molecule has 0 unspecified atom stereocenters. The fourth-order valence-electron chi connectivity index (χ4n) is 4.07. The van der Waals surface area contributed by atoms with Crippen LogP contribution in [-0.2, 0) is 14.4 Å². The van der Waals surface area contributed by atoms with Crippen LogP contribution in [0, 0.1) is 0 Å². The number of nitrogens with one attached hydrogen (secondary N) is 1. The van der Waals surface area contributed by atoms with Crippen molar-refractivity contribution in [1.82, 2.24) is 15.1 Å². The van der Waals surface area contributed by atoms with E-state index in [9.17, 15) is 9.59 Å². The molecule has 2 fully saturated rings. The Morgan fingerprint density at radius 2 is 1.93 bits per heavy atom. The molecule has 2 atom stereocenters. The summed E-state index contributed by atoms with van der Waals surface area (Å²) in [6.45, 7) is 6.09. The predicted octanol–water partition coefficient (Wildman–Crippen LogP) is 1.58. The molecular weight excluding hydrogens is 372 g/mol. The number of likely N-dealkylation sites (tertiary alicyclic amines) is 1. The summed E-state index contributed by atoms with van der Waals surface area (Å²) in [5, 5.41) is 7.02. The third-order valence-electron chi connectivity index (χ3n) is 5.91. The monoisotopic (exact) mass is 400 g/mol. The molecule has 1 aromatic rings. The van der Waals surface area contributed by atoms with Gasteiger partial charge in [-0.2, -0.15) is 0 Å². The Hall–Kier alpha value is -2.61. The van der Waals surface area contributed by atoms with E-state index in [4.69, 9.17) is 9.57 Å². The summed E-state index contributed by atoms with van der Waals surface area (Å²) in [5.41, 5.74) is 1.02. The summed E-state index contributed by atoms with van der Waals surface area (Å²) in [6, 6.07) is 10.1. The normalized spacial score (nSPS) is 24.9. The van der Waals surface area contributed by atoms with Gasteiger partial charge in [-0.1, -0.05) is 42.4 Å². The summed E-state index contributed by atoms with van der Waals surface area (Å²) < 4.78 is 5.31. The maximum absolute atomic E-state index is 12.7. The standard InChI is InChI=1S/C21H28N4O4/c1-16(17-5-3-2-4-6-17)14-22-19(26)18-13-21(29-23-18)7-8-25(15-21)20(27)24-9-11-28-12-10-24/h2-6,16H,7-15H2,1H3,(H,22,26)/t16-,21-/m1/s1. The highest BCUT2D eigenvalue weighted by molar-refractivity contribution is 6.39. The van der Waals surface area contributed by atoms with Gasteiger partial charge in [0.15, 0.2) is 5.60 Å². The van der Waals surface area contributed by atoms with Crippen molar-refractivity contribution in [3.05, 3.63) is 35.9 Å². The van der Waals surface area contributed by atoms with Crippen molar-refractivity contribution in [2.45, 2.75) is 31.3 Å². The van der Waals surface area contributed by atoms with Gasteiger partial charge < -0.3 is 24.7 Å². The maximum atomic E-state index is 12.7. The van der Waals surface area contributed by atoms with Gasteiger partial charge >= 0.3 is 6.03 Å². The number of nitrogens with zero attached hydrogens (tertiary/aromatic N) is 3. The molecule has 1 N–H and O–H groups in total. The lowest BCUT2D eigenvalue weighted by atomic mass is 9.96. The van der Waals surface area contributed by atoms with Crippen LogP contribution in [0.25, 0.3) is 0 Å². The average Bonchev–Trinajstić information content (AvgIpc) is 3.39. The number of morpholine rings is 1. The van der Waals surface area contributed by atoms with E-state index in [-0.39, 0.29) is 17.9 Å². The van der Waals surface area contributed by atoms with Crippen molar-refractivity contribution in [1.29, 1.82) is 0 Å². The molecule has 0 aromatic heterocycles. The van der Waals surface area contributed by atoms with Crippen molar-refractivity contribution in [2.24, 2.45) is 5.16 Å². The highest BCUT2D eigenvalue weighted by Gasteiger charge is 2.48. The summed E-state index contributed by atoms with van der Waals surface area (Å²) in [5.74, 6) is 0.0211. The second kappa shape index (κ2) is 8.41. The molecule has 29 heavy (non-hydrogen) atoms. The zero-order chi connectivity index (χ0) is 20.3. The number of benzene rings is 1. The van der Waals surface area contributed by atoms with E-state index in [0.717, 1.165) is 0 Å². The average molecular weight is 400 g/mol. The van der Waals surface area contributed by atoms with Gasteiger partial charge in [0.2, 0.25) is 0 Å². The van der Waals surface area contributed by atoms with Crippen molar-refractivity contribution in [3.63, 3.8) is 0 Å². The summed E-state index contributed by atoms with van der Waals surface area (Å²) in [7, 11) is 0. The second-order valence-corrected chi connectivity index (χ2v) is 8.06. The smallest absolute Gasteiger partial charge is 0.320 e. The van der Waals surface area contributed by atoms with Crippen LogP contribution in [0.2, 0.25) is 0 Å². The van der Waals surface area contributed by atoms with Gasteiger partial charge in [-0.05, 0) is 11.5 Å². The minimum absolute atomic E-state index is 0.0170. The van der Waals surface area contributed by atoms with E-state index in [1.54, 1.807) is 4.90 Å². The van der Waals surface area contributed by atoms with Crippen LogP contribution >= 0.6 is 0 Å². The number of ether oxygens (including phenoxy) is 1. The van der Waals surface area contributed by atoms with E-state index in [1.807, 2.05) is 23.1 Å². The van der Waals surface area contributed by atoms with Gasteiger partial charge in [0, 0.05) is 39.0 Å². The Labute approximate surface area is 170 Å². The minimum Gasteiger partial charge on any atom is -0.386 e. The van der Waals surface area contributed by atoms with Crippen LogP contribution in [0.4, 0.5) is 4.79 Å². The van der Waals surface area contributed by atoms with E-state index in [1.165, 1.54) is 5.56 Å². The summed E-state index contributed by atoms with van der Waals surface area (Å²) in [4.78, 5) is 34.6. The number of carbonyl (C=O) groups is 2. The maximum Gasteiger partial charge on any atom is 0.320 e. The number of carbonyl (C=O) groups excluding carboxylic acids is 2. The van der Waals surface area contributed by atoms with Gasteiger partial charge in [0.1, 0.15) is 5.71 Å². The number of urea groups is 1. The van der Waals surface area contributed by atoms with Crippen molar-refractivity contribution in [3.8, 4) is 0 Å². The molecule has 3 heterocycles. The van der Waals surface area contributed by atoms with Gasteiger partial charge in [-0.3, -0.25) is 4.79 Å². The van der Waals surface area contributed by atoms with Crippen LogP contribution in [0.3, 0.4) is 0 Å². The largest absolute Gasteiger partial charge is 0.386 e. The molecule has 156 valence electrons. The number of rotatable bonds is 4. The Balaban J connectivity index is 1.27. The lowest BCUT2D eigenvalue weighted by molar-refractivity contribution is -0.115. The first kappa shape index (κ1) is 19.7. The van der Waals surface area contributed by atoms with Crippen LogP contribution in [0.15, 0.2) is 35.5 Å². The molecule has 8 nitrogen and oxygen atoms in total. The first-order valence-electron chi connectivity index (χ1n) is 10.3. The number of hydrogen-bond acceptors (Lipinski definition) is 5. The zero-order valence-corrected chi connectivity index (χ0v) is 16.8. The molecular formula is C21H28N4O4. The van der Waals surface area contributed by atoms with Crippen LogP contribution in [0.1, 0.15) is 31.2 Å². The minimum atomic E-state index is -0.570. The number of oxime groups is 1. The van der Waals surface area contributed by atoms with Gasteiger partial charge in [0.25, 0.3) is 5.91 Å². The Kier molecular flexibility index (Phi) is 5.71. The van der Waals surface area contributed by atoms with Gasteiger partial charge in [-0.15, -0.1) is 0 Å².